The Bertz CT molecular complexity index is 604. The second-order valence-corrected chi connectivity index (χ2v) is 7.69. The van der Waals surface area contributed by atoms with Crippen LogP contribution in [0.25, 0.3) is 11.2 Å². The highest BCUT2D eigenvalue weighted by molar-refractivity contribution is 6.60. The van der Waals surface area contributed by atoms with Gasteiger partial charge in [0.15, 0.2) is 11.5 Å². The number of nitrogens with two attached hydrogens (primary N) is 1. The van der Waals surface area contributed by atoms with Gasteiger partial charge in [0.25, 0.3) is 0 Å². The molecule has 0 radical (unpaired) electrons. The molecular weight excluding hydrogens is 314 g/mol. The highest BCUT2D eigenvalue weighted by Gasteiger charge is 2.39. The van der Waals surface area contributed by atoms with Gasteiger partial charge in [-0.3, -0.25) is 0 Å². The summed E-state index contributed by atoms with van der Waals surface area (Å²) in [7, 11) is -2.60. The summed E-state index contributed by atoms with van der Waals surface area (Å²) in [6.45, 7) is 8.39. The number of aryl methyl sites for hydroxylation is 1. The fourth-order valence-electron chi connectivity index (χ4n) is 2.53. The molecule has 0 atom stereocenters. The van der Waals surface area contributed by atoms with Gasteiger partial charge in [0.1, 0.15) is 11.8 Å². The van der Waals surface area contributed by atoms with Crippen molar-refractivity contribution in [2.75, 3.05) is 25.6 Å². The van der Waals surface area contributed by atoms with Gasteiger partial charge in [-0.05, 0) is 27.2 Å². The topological polar surface area (TPSA) is 97.3 Å². The lowest BCUT2D eigenvalue weighted by molar-refractivity contribution is 0.0705. The molecule has 0 fully saturated rings. The van der Waals surface area contributed by atoms with Gasteiger partial charge in [-0.25, -0.2) is 15.0 Å². The third kappa shape index (κ3) is 4.25. The standard InChI is InChI=1S/C14H25N5O3Si/c1-4-20-23(21-5-2,22-6-3)9-7-8-19-11-18-12-13(15)16-10-17-14(12)19/h10-11H,4-9H2,1-3H3,(H2,15,16,17). The number of fused-ring (bicyclic) bond motifs is 1. The van der Waals surface area contributed by atoms with E-state index < -0.39 is 8.80 Å². The molecule has 8 nitrogen and oxygen atoms in total. The molecule has 0 amide bonds. The second-order valence-electron chi connectivity index (χ2n) is 4.95. The lowest BCUT2D eigenvalue weighted by atomic mass is 10.4. The van der Waals surface area contributed by atoms with Crippen LogP contribution in [-0.2, 0) is 19.8 Å². The Morgan fingerprint density at radius 2 is 1.70 bits per heavy atom. The summed E-state index contributed by atoms with van der Waals surface area (Å²) in [4.78, 5) is 12.5. The summed E-state index contributed by atoms with van der Waals surface area (Å²) in [5.74, 6) is 0.399. The third-order valence-electron chi connectivity index (χ3n) is 3.40. The van der Waals surface area contributed by atoms with Gasteiger partial charge < -0.3 is 23.6 Å². The van der Waals surface area contributed by atoms with Crippen molar-refractivity contribution >= 4 is 25.8 Å². The van der Waals surface area contributed by atoms with Crippen LogP contribution in [0, 0.1) is 0 Å². The van der Waals surface area contributed by atoms with Crippen LogP contribution in [-0.4, -0.2) is 48.1 Å². The highest BCUT2D eigenvalue weighted by Crippen LogP contribution is 2.20. The molecule has 2 rings (SSSR count). The van der Waals surface area contributed by atoms with Crippen molar-refractivity contribution in [2.45, 2.75) is 39.8 Å². The lowest BCUT2D eigenvalue weighted by Crippen LogP contribution is -2.46. The van der Waals surface area contributed by atoms with Crippen molar-refractivity contribution in [3.63, 3.8) is 0 Å². The molecule has 128 valence electrons. The first-order valence-corrected chi connectivity index (χ1v) is 9.92. The van der Waals surface area contributed by atoms with E-state index in [1.165, 1.54) is 6.33 Å². The van der Waals surface area contributed by atoms with E-state index in [0.717, 1.165) is 24.7 Å². The molecule has 0 aliphatic heterocycles. The molecule has 0 aliphatic rings. The molecule has 9 heteroatoms. The van der Waals surface area contributed by atoms with Crippen molar-refractivity contribution in [2.24, 2.45) is 0 Å². The number of nitrogens with zero attached hydrogens (tertiary/aromatic N) is 4. The van der Waals surface area contributed by atoms with E-state index in [1.807, 2.05) is 25.3 Å². The van der Waals surface area contributed by atoms with Crippen LogP contribution >= 0.6 is 0 Å². The molecule has 2 heterocycles. The monoisotopic (exact) mass is 339 g/mol. The Morgan fingerprint density at radius 3 is 2.30 bits per heavy atom. The van der Waals surface area contributed by atoms with Gasteiger partial charge in [-0.2, -0.15) is 0 Å². The molecule has 0 saturated carbocycles. The minimum absolute atomic E-state index is 0.399. The molecule has 0 saturated heterocycles. The van der Waals surface area contributed by atoms with Crippen LogP contribution < -0.4 is 5.73 Å². The summed E-state index contributed by atoms with van der Waals surface area (Å²) in [6.07, 6.45) is 4.04. The smallest absolute Gasteiger partial charge is 0.382 e. The van der Waals surface area contributed by atoms with E-state index in [4.69, 9.17) is 19.0 Å². The molecule has 23 heavy (non-hydrogen) atoms. The average molecular weight is 339 g/mol. The maximum Gasteiger partial charge on any atom is 0.500 e. The van der Waals surface area contributed by atoms with Crippen molar-refractivity contribution in [3.8, 4) is 0 Å². The number of imidazole rings is 1. The van der Waals surface area contributed by atoms with Crippen molar-refractivity contribution in [3.05, 3.63) is 12.7 Å². The number of anilines is 1. The predicted octanol–water partition coefficient (Wildman–Crippen LogP) is 1.85. The Morgan fingerprint density at radius 1 is 1.04 bits per heavy atom. The second kappa shape index (κ2) is 8.34. The summed E-state index contributed by atoms with van der Waals surface area (Å²) in [6, 6.07) is 0.753. The lowest BCUT2D eigenvalue weighted by Gasteiger charge is -2.28. The molecule has 0 aliphatic carbocycles. The van der Waals surface area contributed by atoms with Gasteiger partial charge in [0, 0.05) is 32.4 Å². The SMILES string of the molecule is CCO[Si](CCCn1cnc2c(N)ncnc21)(OCC)OCC. The number of aromatic nitrogens is 4. The quantitative estimate of drug-likeness (QED) is 0.660. The Hall–Kier alpha value is -1.55. The van der Waals surface area contributed by atoms with Crippen LogP contribution in [0.3, 0.4) is 0 Å². The predicted molar refractivity (Wildman–Crippen MR) is 89.8 cm³/mol. The zero-order chi connectivity index (χ0) is 16.7. The molecule has 0 unspecified atom stereocenters. The Balaban J connectivity index is 2.04. The zero-order valence-corrected chi connectivity index (χ0v) is 15.0. The van der Waals surface area contributed by atoms with E-state index in [9.17, 15) is 0 Å². The highest BCUT2D eigenvalue weighted by atomic mass is 28.4. The summed E-state index contributed by atoms with van der Waals surface area (Å²) in [5, 5.41) is 0. The molecule has 0 bridgehead atoms. The minimum atomic E-state index is -2.60. The summed E-state index contributed by atoms with van der Waals surface area (Å²) in [5.41, 5.74) is 7.19. The van der Waals surface area contributed by atoms with E-state index in [1.54, 1.807) is 6.33 Å². The van der Waals surface area contributed by atoms with E-state index in [2.05, 4.69) is 15.0 Å². The van der Waals surface area contributed by atoms with Gasteiger partial charge in [-0.1, -0.05) is 0 Å². The van der Waals surface area contributed by atoms with Crippen molar-refractivity contribution in [1.29, 1.82) is 0 Å². The molecule has 2 aromatic rings. The van der Waals surface area contributed by atoms with E-state index in [-0.39, 0.29) is 0 Å². The van der Waals surface area contributed by atoms with Gasteiger partial charge in [0.05, 0.1) is 6.33 Å². The largest absolute Gasteiger partial charge is 0.500 e. The van der Waals surface area contributed by atoms with Crippen LogP contribution in [0.15, 0.2) is 12.7 Å². The molecule has 2 N–H and O–H groups in total. The number of rotatable bonds is 10. The number of nitrogen functional groups attached to an aromatic ring is 1. The molecule has 0 spiro atoms. The van der Waals surface area contributed by atoms with Gasteiger partial charge >= 0.3 is 8.80 Å². The van der Waals surface area contributed by atoms with Crippen LogP contribution in [0.2, 0.25) is 6.04 Å². The summed E-state index contributed by atoms with van der Waals surface area (Å²) < 4.78 is 19.5. The first-order valence-electron chi connectivity index (χ1n) is 7.99. The maximum absolute atomic E-state index is 5.86. The zero-order valence-electron chi connectivity index (χ0n) is 14.0. The normalized spacial score (nSPS) is 12.1. The molecule has 0 aromatic carbocycles. The number of hydrogen-bond donors (Lipinski definition) is 1. The summed E-state index contributed by atoms with van der Waals surface area (Å²) >= 11 is 0. The Kier molecular flexibility index (Phi) is 6.45. The first-order chi connectivity index (χ1) is 11.2. The van der Waals surface area contributed by atoms with Crippen molar-refractivity contribution in [1.82, 2.24) is 19.5 Å². The Labute approximate surface area is 137 Å². The average Bonchev–Trinajstić information content (AvgIpc) is 2.93. The molecular formula is C14H25N5O3Si. The molecule has 2 aromatic heterocycles. The van der Waals surface area contributed by atoms with Crippen LogP contribution in [0.5, 0.6) is 0 Å². The van der Waals surface area contributed by atoms with E-state index >= 15 is 0 Å². The fraction of sp³-hybridized carbons (Fsp3) is 0.643. The third-order valence-corrected chi connectivity index (χ3v) is 6.56. The number of hydrogen-bond acceptors (Lipinski definition) is 7. The van der Waals surface area contributed by atoms with Crippen LogP contribution in [0.4, 0.5) is 5.82 Å². The van der Waals surface area contributed by atoms with Gasteiger partial charge in [-0.15, -0.1) is 0 Å². The van der Waals surface area contributed by atoms with E-state index in [0.29, 0.717) is 31.2 Å². The first kappa shape index (κ1) is 17.8. The maximum atomic E-state index is 5.86. The van der Waals surface area contributed by atoms with Crippen molar-refractivity contribution < 1.29 is 13.3 Å². The van der Waals surface area contributed by atoms with Gasteiger partial charge in [0.2, 0.25) is 0 Å². The minimum Gasteiger partial charge on any atom is -0.382 e. The fourth-order valence-corrected chi connectivity index (χ4v) is 5.12. The van der Waals surface area contributed by atoms with Crippen LogP contribution in [0.1, 0.15) is 27.2 Å².